The monoisotopic (exact) mass is 384 g/mol. The molecule has 0 bridgehead atoms. The first kappa shape index (κ1) is 18.9. The highest BCUT2D eigenvalue weighted by Crippen LogP contribution is 2.20. The second-order valence-electron chi connectivity index (χ2n) is 7.26. The first-order valence-corrected chi connectivity index (χ1v) is 9.84. The Bertz CT molecular complexity index is 986. The maximum atomic E-state index is 8.94. The van der Waals surface area contributed by atoms with Crippen LogP contribution in [0.4, 0.5) is 17.5 Å². The number of nitriles is 1. The number of anilines is 3. The zero-order valence-electron chi connectivity index (χ0n) is 16.5. The quantitative estimate of drug-likeness (QED) is 0.723. The van der Waals surface area contributed by atoms with E-state index in [4.69, 9.17) is 10.2 Å². The van der Waals surface area contributed by atoms with Crippen LogP contribution in [0.1, 0.15) is 16.8 Å². The molecule has 4 rings (SSSR count). The lowest BCUT2D eigenvalue weighted by Gasteiger charge is -2.35. The molecule has 2 aromatic carbocycles. The Labute approximate surface area is 171 Å². The fraction of sp³-hybridized carbons (Fsp3) is 0.261. The van der Waals surface area contributed by atoms with E-state index in [1.54, 1.807) is 12.1 Å². The zero-order chi connectivity index (χ0) is 20.1. The van der Waals surface area contributed by atoms with E-state index in [0.717, 1.165) is 55.9 Å². The molecule has 0 saturated carbocycles. The van der Waals surface area contributed by atoms with Crippen LogP contribution in [-0.4, -0.2) is 41.0 Å². The minimum absolute atomic E-state index is 0.642. The van der Waals surface area contributed by atoms with Crippen molar-refractivity contribution < 1.29 is 0 Å². The molecule has 0 atom stereocenters. The molecule has 0 unspecified atom stereocenters. The number of aryl methyl sites for hydroxylation is 1. The second kappa shape index (κ2) is 8.72. The van der Waals surface area contributed by atoms with Crippen LogP contribution in [0.2, 0.25) is 0 Å². The molecule has 0 radical (unpaired) electrons. The largest absolute Gasteiger partial charge is 0.340 e. The number of hydrogen-bond donors (Lipinski definition) is 1. The van der Waals surface area contributed by atoms with Crippen molar-refractivity contribution in [3.8, 4) is 6.07 Å². The van der Waals surface area contributed by atoms with Gasteiger partial charge in [-0.2, -0.15) is 10.2 Å². The number of aromatic nitrogens is 2. The predicted octanol–water partition coefficient (Wildman–Crippen LogP) is 3.72. The van der Waals surface area contributed by atoms with E-state index in [0.29, 0.717) is 5.56 Å². The molecule has 1 saturated heterocycles. The van der Waals surface area contributed by atoms with Gasteiger partial charge < -0.3 is 10.2 Å². The van der Waals surface area contributed by atoms with E-state index in [9.17, 15) is 0 Å². The van der Waals surface area contributed by atoms with Crippen LogP contribution in [0.15, 0.2) is 60.7 Å². The van der Waals surface area contributed by atoms with Gasteiger partial charge in [0.15, 0.2) is 0 Å². The van der Waals surface area contributed by atoms with Gasteiger partial charge in [-0.3, -0.25) is 4.90 Å². The smallest absolute Gasteiger partial charge is 0.227 e. The number of piperazine rings is 1. The second-order valence-corrected chi connectivity index (χ2v) is 7.26. The Kier molecular flexibility index (Phi) is 5.68. The van der Waals surface area contributed by atoms with Gasteiger partial charge in [-0.15, -0.1) is 0 Å². The van der Waals surface area contributed by atoms with Crippen LogP contribution in [0.5, 0.6) is 0 Å². The summed E-state index contributed by atoms with van der Waals surface area (Å²) in [6.07, 6.45) is 0. The van der Waals surface area contributed by atoms with Gasteiger partial charge in [0, 0.05) is 50.2 Å². The summed E-state index contributed by atoms with van der Waals surface area (Å²) in [5.41, 5.74) is 3.82. The van der Waals surface area contributed by atoms with Gasteiger partial charge >= 0.3 is 0 Å². The maximum absolute atomic E-state index is 8.94. The van der Waals surface area contributed by atoms with E-state index in [1.165, 1.54) is 5.56 Å². The van der Waals surface area contributed by atoms with Crippen molar-refractivity contribution in [3.63, 3.8) is 0 Å². The number of benzene rings is 2. The summed E-state index contributed by atoms with van der Waals surface area (Å²) < 4.78 is 0. The lowest BCUT2D eigenvalue weighted by molar-refractivity contribution is 0.248. The zero-order valence-corrected chi connectivity index (χ0v) is 16.5. The Balaban J connectivity index is 1.40. The molecule has 29 heavy (non-hydrogen) atoms. The van der Waals surface area contributed by atoms with Crippen molar-refractivity contribution in [2.75, 3.05) is 36.4 Å². The van der Waals surface area contributed by atoms with Gasteiger partial charge in [0.05, 0.1) is 11.6 Å². The van der Waals surface area contributed by atoms with Gasteiger partial charge in [0.25, 0.3) is 0 Å². The molecule has 6 nitrogen and oxygen atoms in total. The molecular weight excluding hydrogens is 360 g/mol. The van der Waals surface area contributed by atoms with Gasteiger partial charge in [-0.1, -0.05) is 30.3 Å². The predicted molar refractivity (Wildman–Crippen MR) is 115 cm³/mol. The standard InChI is InChI=1S/C23H24N6/c1-18-15-22(26-21-9-7-19(16-24)8-10-21)27-23(25-18)29-13-11-28(12-14-29)17-20-5-3-2-4-6-20/h2-10,15H,11-14,17H2,1H3,(H,25,26,27). The van der Waals surface area contributed by atoms with Gasteiger partial charge in [-0.05, 0) is 36.8 Å². The molecule has 1 aromatic heterocycles. The normalized spacial score (nSPS) is 14.4. The summed E-state index contributed by atoms with van der Waals surface area (Å²) in [7, 11) is 0. The molecule has 0 aliphatic carbocycles. The lowest BCUT2D eigenvalue weighted by atomic mass is 10.2. The van der Waals surface area contributed by atoms with Crippen molar-refractivity contribution in [1.82, 2.24) is 14.9 Å². The average molecular weight is 384 g/mol. The van der Waals surface area contributed by atoms with Gasteiger partial charge in [0.2, 0.25) is 5.95 Å². The Morgan fingerprint density at radius 3 is 2.38 bits per heavy atom. The minimum atomic E-state index is 0.642. The summed E-state index contributed by atoms with van der Waals surface area (Å²) in [4.78, 5) is 14.1. The number of rotatable bonds is 5. The Hall–Kier alpha value is -3.43. The highest BCUT2D eigenvalue weighted by atomic mass is 15.3. The molecule has 146 valence electrons. The van der Waals surface area contributed by atoms with Crippen LogP contribution < -0.4 is 10.2 Å². The third-order valence-electron chi connectivity index (χ3n) is 5.03. The molecule has 0 amide bonds. The Morgan fingerprint density at radius 2 is 1.69 bits per heavy atom. The van der Waals surface area contributed by atoms with E-state index in [1.807, 2.05) is 25.1 Å². The summed E-state index contributed by atoms with van der Waals surface area (Å²) >= 11 is 0. The summed E-state index contributed by atoms with van der Waals surface area (Å²) in [5, 5.41) is 12.3. The van der Waals surface area contributed by atoms with Crippen molar-refractivity contribution in [1.29, 1.82) is 5.26 Å². The fourth-order valence-corrected chi connectivity index (χ4v) is 3.48. The third-order valence-corrected chi connectivity index (χ3v) is 5.03. The van der Waals surface area contributed by atoms with E-state index >= 15 is 0 Å². The number of nitrogens with zero attached hydrogens (tertiary/aromatic N) is 5. The fourth-order valence-electron chi connectivity index (χ4n) is 3.48. The van der Waals surface area contributed by atoms with Crippen molar-refractivity contribution >= 4 is 17.5 Å². The summed E-state index contributed by atoms with van der Waals surface area (Å²) in [6.45, 7) is 6.77. The molecule has 2 heterocycles. The first-order valence-electron chi connectivity index (χ1n) is 9.84. The molecule has 1 aliphatic rings. The Morgan fingerprint density at radius 1 is 0.966 bits per heavy atom. The van der Waals surface area contributed by atoms with Crippen molar-refractivity contribution in [3.05, 3.63) is 77.5 Å². The van der Waals surface area contributed by atoms with Crippen molar-refractivity contribution in [2.45, 2.75) is 13.5 Å². The first-order chi connectivity index (χ1) is 14.2. The topological polar surface area (TPSA) is 68.1 Å². The molecular formula is C23H24N6. The van der Waals surface area contributed by atoms with E-state index in [2.05, 4.69) is 56.5 Å². The summed E-state index contributed by atoms with van der Waals surface area (Å²) in [6, 6.07) is 22.0. The molecule has 6 heteroatoms. The summed E-state index contributed by atoms with van der Waals surface area (Å²) in [5.74, 6) is 1.53. The van der Waals surface area contributed by atoms with E-state index < -0.39 is 0 Å². The van der Waals surface area contributed by atoms with Gasteiger partial charge in [0.1, 0.15) is 5.82 Å². The SMILES string of the molecule is Cc1cc(Nc2ccc(C#N)cc2)nc(N2CCN(Cc3ccccc3)CC2)n1. The highest BCUT2D eigenvalue weighted by molar-refractivity contribution is 5.58. The minimum Gasteiger partial charge on any atom is -0.340 e. The van der Waals surface area contributed by atoms with Crippen LogP contribution >= 0.6 is 0 Å². The van der Waals surface area contributed by atoms with Crippen LogP contribution in [-0.2, 0) is 6.54 Å². The van der Waals surface area contributed by atoms with Crippen LogP contribution in [0.25, 0.3) is 0 Å². The van der Waals surface area contributed by atoms with E-state index in [-0.39, 0.29) is 0 Å². The van der Waals surface area contributed by atoms with Gasteiger partial charge in [-0.25, -0.2) is 4.98 Å². The molecule has 1 fully saturated rings. The lowest BCUT2D eigenvalue weighted by Crippen LogP contribution is -2.46. The molecule has 0 spiro atoms. The highest BCUT2D eigenvalue weighted by Gasteiger charge is 2.19. The number of nitrogens with one attached hydrogen (secondary N) is 1. The van der Waals surface area contributed by atoms with Crippen LogP contribution in [0.3, 0.4) is 0 Å². The molecule has 1 N–H and O–H groups in total. The third kappa shape index (κ3) is 4.89. The maximum Gasteiger partial charge on any atom is 0.227 e. The number of hydrogen-bond acceptors (Lipinski definition) is 6. The molecule has 3 aromatic rings. The average Bonchev–Trinajstić information content (AvgIpc) is 2.75. The van der Waals surface area contributed by atoms with Crippen molar-refractivity contribution in [2.24, 2.45) is 0 Å². The van der Waals surface area contributed by atoms with Crippen LogP contribution in [0, 0.1) is 18.3 Å². The molecule has 1 aliphatic heterocycles.